The normalized spacial score (nSPS) is 11.1. The van der Waals surface area contributed by atoms with Gasteiger partial charge in [-0.1, -0.05) is 48.5 Å². The lowest BCUT2D eigenvalue weighted by Crippen LogP contribution is -2.06. The number of benzene rings is 4. The molecule has 0 aliphatic carbocycles. The Morgan fingerprint density at radius 1 is 0.939 bits per heavy atom. The van der Waals surface area contributed by atoms with Gasteiger partial charge in [0, 0.05) is 23.7 Å². The zero-order valence-corrected chi connectivity index (χ0v) is 18.2. The predicted molar refractivity (Wildman–Crippen MR) is 126 cm³/mol. The van der Waals surface area contributed by atoms with E-state index in [1.807, 2.05) is 30.3 Å². The number of nitrogens with zero attached hydrogens (tertiary/aromatic N) is 2. The summed E-state index contributed by atoms with van der Waals surface area (Å²) in [6.07, 6.45) is 0.605. The Bertz CT molecular complexity index is 1490. The lowest BCUT2D eigenvalue weighted by molar-refractivity contribution is -0.385. The standard InChI is InChI=1S/C25H19N3O4S/c26-17-20-16-21(10-13-24(20)28(29)30)27-15-14-18-8-11-22(12-9-18)33(31,32)25-7-3-5-19-4-1-2-6-23(19)25/h1-13,16,27H,14-15H2. The summed E-state index contributed by atoms with van der Waals surface area (Å²) < 4.78 is 26.4. The molecule has 0 atom stereocenters. The van der Waals surface area contributed by atoms with E-state index in [2.05, 4.69) is 5.32 Å². The van der Waals surface area contributed by atoms with Gasteiger partial charge in [0.25, 0.3) is 5.69 Å². The van der Waals surface area contributed by atoms with Crippen LogP contribution in [0.5, 0.6) is 0 Å². The number of sulfone groups is 1. The number of hydrogen-bond acceptors (Lipinski definition) is 6. The van der Waals surface area contributed by atoms with Crippen LogP contribution in [-0.2, 0) is 16.3 Å². The molecule has 0 amide bonds. The fourth-order valence-corrected chi connectivity index (χ4v) is 5.12. The Morgan fingerprint density at radius 3 is 2.39 bits per heavy atom. The van der Waals surface area contributed by atoms with E-state index in [4.69, 9.17) is 5.26 Å². The summed E-state index contributed by atoms with van der Waals surface area (Å²) in [4.78, 5) is 10.9. The minimum absolute atomic E-state index is 0.00649. The second-order valence-corrected chi connectivity index (χ2v) is 9.32. The van der Waals surface area contributed by atoms with Crippen molar-refractivity contribution in [2.75, 3.05) is 11.9 Å². The maximum atomic E-state index is 13.2. The van der Waals surface area contributed by atoms with Crippen molar-refractivity contribution in [1.29, 1.82) is 5.26 Å². The van der Waals surface area contributed by atoms with Crippen molar-refractivity contribution in [1.82, 2.24) is 0 Å². The minimum Gasteiger partial charge on any atom is -0.385 e. The summed E-state index contributed by atoms with van der Waals surface area (Å²) in [6, 6.07) is 25.5. The molecule has 0 aliphatic heterocycles. The van der Waals surface area contributed by atoms with E-state index in [0.29, 0.717) is 24.0 Å². The van der Waals surface area contributed by atoms with E-state index in [-0.39, 0.29) is 21.0 Å². The molecule has 0 saturated heterocycles. The molecule has 164 valence electrons. The summed E-state index contributed by atoms with van der Waals surface area (Å²) in [6.45, 7) is 0.512. The van der Waals surface area contributed by atoms with Crippen molar-refractivity contribution in [3.05, 3.63) is 106 Å². The maximum Gasteiger partial charge on any atom is 0.287 e. The third kappa shape index (κ3) is 4.54. The highest BCUT2D eigenvalue weighted by Gasteiger charge is 2.20. The molecule has 0 radical (unpaired) electrons. The van der Waals surface area contributed by atoms with Gasteiger partial charge in [-0.25, -0.2) is 8.42 Å². The van der Waals surface area contributed by atoms with Gasteiger partial charge in [-0.2, -0.15) is 5.26 Å². The molecule has 0 heterocycles. The van der Waals surface area contributed by atoms with Crippen LogP contribution in [0.4, 0.5) is 11.4 Å². The van der Waals surface area contributed by atoms with Crippen LogP contribution < -0.4 is 5.32 Å². The van der Waals surface area contributed by atoms with Crippen molar-refractivity contribution in [2.24, 2.45) is 0 Å². The average Bonchev–Trinajstić information content (AvgIpc) is 2.83. The Hall–Kier alpha value is -4.22. The molecule has 1 N–H and O–H groups in total. The molecule has 33 heavy (non-hydrogen) atoms. The molecule has 0 aromatic heterocycles. The highest BCUT2D eigenvalue weighted by atomic mass is 32.2. The molecular formula is C25H19N3O4S. The zero-order chi connectivity index (χ0) is 23.4. The lowest BCUT2D eigenvalue weighted by atomic mass is 10.1. The van der Waals surface area contributed by atoms with Crippen LogP contribution in [0.25, 0.3) is 10.8 Å². The summed E-state index contributed by atoms with van der Waals surface area (Å²) in [5.41, 5.74) is 1.30. The van der Waals surface area contributed by atoms with E-state index >= 15 is 0 Å². The number of anilines is 1. The minimum atomic E-state index is -3.67. The number of nitriles is 1. The molecule has 0 unspecified atom stereocenters. The number of fused-ring (bicyclic) bond motifs is 1. The van der Waals surface area contributed by atoms with Gasteiger partial charge in [-0.15, -0.1) is 0 Å². The first kappa shape index (κ1) is 22.0. The third-order valence-electron chi connectivity index (χ3n) is 5.33. The van der Waals surface area contributed by atoms with Crippen LogP contribution in [0.2, 0.25) is 0 Å². The Kier molecular flexibility index (Phi) is 6.07. The Labute approximate surface area is 191 Å². The van der Waals surface area contributed by atoms with Crippen molar-refractivity contribution in [2.45, 2.75) is 16.2 Å². The third-order valence-corrected chi connectivity index (χ3v) is 7.16. The summed E-state index contributed by atoms with van der Waals surface area (Å²) in [5, 5.41) is 24.7. The van der Waals surface area contributed by atoms with E-state index in [9.17, 15) is 18.5 Å². The molecule has 8 heteroatoms. The fourth-order valence-electron chi connectivity index (χ4n) is 3.64. The number of nitrogens with one attached hydrogen (secondary N) is 1. The highest BCUT2D eigenvalue weighted by molar-refractivity contribution is 7.91. The number of nitro groups is 1. The highest BCUT2D eigenvalue weighted by Crippen LogP contribution is 2.28. The van der Waals surface area contributed by atoms with Crippen molar-refractivity contribution in [3.8, 4) is 6.07 Å². The Morgan fingerprint density at radius 2 is 1.67 bits per heavy atom. The monoisotopic (exact) mass is 457 g/mol. The van der Waals surface area contributed by atoms with Crippen LogP contribution in [0.3, 0.4) is 0 Å². The molecular weight excluding hydrogens is 438 g/mol. The largest absolute Gasteiger partial charge is 0.385 e. The van der Waals surface area contributed by atoms with Gasteiger partial charge in [0.05, 0.1) is 14.7 Å². The molecule has 4 aromatic rings. The maximum absolute atomic E-state index is 13.2. The predicted octanol–water partition coefficient (Wildman–Crippen LogP) is 5.11. The fraction of sp³-hybridized carbons (Fsp3) is 0.0800. The first-order valence-electron chi connectivity index (χ1n) is 10.1. The van der Waals surface area contributed by atoms with Crippen molar-refractivity contribution < 1.29 is 13.3 Å². The van der Waals surface area contributed by atoms with Crippen LogP contribution in [0, 0.1) is 21.4 Å². The van der Waals surface area contributed by atoms with Gasteiger partial charge in [0.2, 0.25) is 9.84 Å². The van der Waals surface area contributed by atoms with Gasteiger partial charge in [0.1, 0.15) is 11.6 Å². The van der Waals surface area contributed by atoms with E-state index in [0.717, 1.165) is 10.9 Å². The average molecular weight is 458 g/mol. The number of hydrogen-bond donors (Lipinski definition) is 1. The SMILES string of the molecule is N#Cc1cc(NCCc2ccc(S(=O)(=O)c3cccc4ccccc34)cc2)ccc1[N+](=O)[O-]. The molecule has 0 fully saturated rings. The van der Waals surface area contributed by atoms with Crippen LogP contribution in [-0.4, -0.2) is 19.9 Å². The Balaban J connectivity index is 1.47. The quantitative estimate of drug-likeness (QED) is 0.305. The molecule has 7 nitrogen and oxygen atoms in total. The van der Waals surface area contributed by atoms with Crippen molar-refractivity contribution in [3.63, 3.8) is 0 Å². The van der Waals surface area contributed by atoms with E-state index in [1.54, 1.807) is 48.5 Å². The molecule has 0 spiro atoms. The van der Waals surface area contributed by atoms with E-state index < -0.39 is 14.8 Å². The van der Waals surface area contributed by atoms with Crippen LogP contribution in [0.15, 0.2) is 94.7 Å². The second kappa shape index (κ2) is 9.10. The first-order valence-corrected chi connectivity index (χ1v) is 11.6. The van der Waals surface area contributed by atoms with Gasteiger partial charge in [-0.3, -0.25) is 10.1 Å². The summed E-state index contributed by atoms with van der Waals surface area (Å²) in [7, 11) is -3.67. The first-order chi connectivity index (χ1) is 15.9. The summed E-state index contributed by atoms with van der Waals surface area (Å²) in [5.74, 6) is 0. The molecule has 0 bridgehead atoms. The van der Waals surface area contributed by atoms with Crippen molar-refractivity contribution >= 4 is 32.0 Å². The topological polar surface area (TPSA) is 113 Å². The van der Waals surface area contributed by atoms with E-state index in [1.165, 1.54) is 12.1 Å². The molecule has 0 aliphatic rings. The van der Waals surface area contributed by atoms with Gasteiger partial charge >= 0.3 is 0 Å². The van der Waals surface area contributed by atoms with Crippen LogP contribution >= 0.6 is 0 Å². The van der Waals surface area contributed by atoms with Gasteiger partial charge in [-0.05, 0) is 47.7 Å². The van der Waals surface area contributed by atoms with Gasteiger partial charge < -0.3 is 5.32 Å². The molecule has 4 aromatic carbocycles. The smallest absolute Gasteiger partial charge is 0.287 e. The van der Waals surface area contributed by atoms with Crippen LogP contribution in [0.1, 0.15) is 11.1 Å². The summed E-state index contributed by atoms with van der Waals surface area (Å²) >= 11 is 0. The number of rotatable bonds is 7. The molecule has 0 saturated carbocycles. The van der Waals surface area contributed by atoms with Gasteiger partial charge in [0.15, 0.2) is 0 Å². The number of nitro benzene ring substituents is 1. The molecule has 4 rings (SSSR count). The zero-order valence-electron chi connectivity index (χ0n) is 17.4. The second-order valence-electron chi connectivity index (χ2n) is 7.40. The lowest BCUT2D eigenvalue weighted by Gasteiger charge is -2.10.